The van der Waals surface area contributed by atoms with Crippen LogP contribution in [0.1, 0.15) is 72.2 Å². The van der Waals surface area contributed by atoms with E-state index in [1.807, 2.05) is 36.4 Å². The average molecular weight is 893 g/mol. The number of para-hydroxylation sites is 2. The van der Waals surface area contributed by atoms with E-state index >= 15 is 0 Å². The number of benzene rings is 9. The molecule has 0 spiro atoms. The van der Waals surface area contributed by atoms with E-state index in [9.17, 15) is 21.0 Å². The van der Waals surface area contributed by atoms with Crippen molar-refractivity contribution >= 4 is 43.6 Å². The summed E-state index contributed by atoms with van der Waals surface area (Å²) >= 11 is 0. The maximum Gasteiger partial charge on any atom is 0.101 e. The Morgan fingerprint density at radius 2 is 0.743 bits per heavy atom. The van der Waals surface area contributed by atoms with Crippen molar-refractivity contribution in [3.05, 3.63) is 214 Å². The van der Waals surface area contributed by atoms with Crippen LogP contribution in [0.2, 0.25) is 0 Å². The van der Waals surface area contributed by atoms with Gasteiger partial charge in [0.1, 0.15) is 12.1 Å². The van der Waals surface area contributed by atoms with Crippen LogP contribution in [0.3, 0.4) is 0 Å². The average Bonchev–Trinajstić information content (AvgIpc) is 4.04. The van der Waals surface area contributed by atoms with Crippen LogP contribution in [0, 0.1) is 45.3 Å². The summed E-state index contributed by atoms with van der Waals surface area (Å²) in [5.41, 5.74) is 17.5. The molecule has 0 radical (unpaired) electrons. The van der Waals surface area contributed by atoms with Crippen LogP contribution in [0.15, 0.2) is 170 Å². The van der Waals surface area contributed by atoms with Gasteiger partial charge in [-0.2, -0.15) is 21.0 Å². The minimum absolute atomic E-state index is 0.173. The van der Waals surface area contributed by atoms with Crippen LogP contribution in [0.4, 0.5) is 0 Å². The minimum atomic E-state index is -0.336. The van der Waals surface area contributed by atoms with Gasteiger partial charge in [-0.05, 0) is 116 Å². The predicted octanol–water partition coefficient (Wildman–Crippen LogP) is 15.3. The molecular formula is C64H40N6. The van der Waals surface area contributed by atoms with Gasteiger partial charge >= 0.3 is 0 Å². The summed E-state index contributed by atoms with van der Waals surface area (Å²) < 4.78 is 4.61. The van der Waals surface area contributed by atoms with Crippen molar-refractivity contribution in [3.63, 3.8) is 0 Å². The lowest BCUT2D eigenvalue weighted by Gasteiger charge is -2.27. The largest absolute Gasteiger partial charge is 0.306 e. The van der Waals surface area contributed by atoms with E-state index in [4.69, 9.17) is 0 Å². The van der Waals surface area contributed by atoms with Gasteiger partial charge in [-0.15, -0.1) is 0 Å². The first-order valence-corrected chi connectivity index (χ1v) is 23.5. The summed E-state index contributed by atoms with van der Waals surface area (Å²) in [6, 6.07) is 68.1. The molecule has 326 valence electrons. The van der Waals surface area contributed by atoms with Gasteiger partial charge in [-0.3, -0.25) is 0 Å². The first kappa shape index (κ1) is 40.8. The van der Waals surface area contributed by atoms with E-state index in [2.05, 4.69) is 182 Å². The van der Waals surface area contributed by atoms with E-state index < -0.39 is 0 Å². The normalized spacial score (nSPS) is 13.6. The predicted molar refractivity (Wildman–Crippen MR) is 280 cm³/mol. The fraction of sp³-hybridized carbons (Fsp3) is 0.0938. The van der Waals surface area contributed by atoms with E-state index in [0.29, 0.717) is 44.8 Å². The zero-order chi connectivity index (χ0) is 47.8. The maximum atomic E-state index is 11.7. The molecule has 0 aliphatic heterocycles. The van der Waals surface area contributed by atoms with Gasteiger partial charge in [0.05, 0.1) is 67.8 Å². The molecule has 70 heavy (non-hydrogen) atoms. The van der Waals surface area contributed by atoms with Gasteiger partial charge < -0.3 is 9.13 Å². The Labute approximate surface area is 405 Å². The molecule has 9 aromatic carbocycles. The van der Waals surface area contributed by atoms with Crippen molar-refractivity contribution in [2.75, 3.05) is 0 Å². The standard InChI is InChI=1S/C64H40N6/c1-63(2)51-23-9-5-19-41(51)45-29-47-43-21-7-11-25-55(43)69(57(47)31-53(45)63)61-59(39-17-13-15-37(27-39)33-65)49(35-67)50(36-68)60(40-18-14-16-38(28-40)34-66)62(61)70-56-26-12-8-22-44(56)48-30-46-42-20-6-10-24-52(42)64(3,4)54(46)32-58(48)70/h5-32H,1-4H3. The summed E-state index contributed by atoms with van der Waals surface area (Å²) in [7, 11) is 0. The Morgan fingerprint density at radius 3 is 1.16 bits per heavy atom. The van der Waals surface area contributed by atoms with Gasteiger partial charge in [0.15, 0.2) is 0 Å². The number of rotatable bonds is 4. The summed E-state index contributed by atoms with van der Waals surface area (Å²) in [5.74, 6) is 0. The molecule has 6 nitrogen and oxygen atoms in total. The van der Waals surface area contributed by atoms with Crippen LogP contribution >= 0.6 is 0 Å². The highest BCUT2D eigenvalue weighted by Crippen LogP contribution is 2.55. The lowest BCUT2D eigenvalue weighted by atomic mass is 9.82. The lowest BCUT2D eigenvalue weighted by Crippen LogP contribution is -2.16. The van der Waals surface area contributed by atoms with Crippen molar-refractivity contribution in [3.8, 4) is 80.2 Å². The van der Waals surface area contributed by atoms with E-state index in [0.717, 1.165) is 43.6 Å². The molecule has 6 heteroatoms. The van der Waals surface area contributed by atoms with Crippen molar-refractivity contribution < 1.29 is 0 Å². The first-order valence-electron chi connectivity index (χ1n) is 23.5. The third kappa shape index (κ3) is 5.34. The molecule has 2 aliphatic rings. The molecule has 0 amide bonds. The molecule has 0 atom stereocenters. The van der Waals surface area contributed by atoms with Crippen molar-refractivity contribution in [2.24, 2.45) is 0 Å². The topological polar surface area (TPSA) is 105 Å². The monoisotopic (exact) mass is 892 g/mol. The molecule has 11 aromatic rings. The minimum Gasteiger partial charge on any atom is -0.306 e. The summed E-state index contributed by atoms with van der Waals surface area (Å²) in [6.45, 7) is 9.14. The zero-order valence-corrected chi connectivity index (χ0v) is 38.8. The lowest BCUT2D eigenvalue weighted by molar-refractivity contribution is 0.660. The molecule has 0 unspecified atom stereocenters. The Kier molecular flexibility index (Phi) is 8.46. The fourth-order valence-corrected chi connectivity index (χ4v) is 12.2. The van der Waals surface area contributed by atoms with Crippen LogP contribution in [-0.2, 0) is 10.8 Å². The van der Waals surface area contributed by atoms with E-state index in [1.54, 1.807) is 12.1 Å². The Morgan fingerprint density at radius 1 is 0.343 bits per heavy atom. The molecule has 0 bridgehead atoms. The van der Waals surface area contributed by atoms with E-state index in [-0.39, 0.29) is 22.0 Å². The fourth-order valence-electron chi connectivity index (χ4n) is 12.2. The second kappa shape index (κ2) is 14.5. The second-order valence-electron chi connectivity index (χ2n) is 19.7. The Hall–Kier alpha value is -9.46. The van der Waals surface area contributed by atoms with Crippen LogP contribution < -0.4 is 0 Å². The van der Waals surface area contributed by atoms with Gasteiger partial charge in [0.2, 0.25) is 0 Å². The number of hydrogen-bond acceptors (Lipinski definition) is 4. The molecule has 0 N–H and O–H groups in total. The van der Waals surface area contributed by atoms with Gasteiger partial charge in [-0.1, -0.05) is 137 Å². The smallest absolute Gasteiger partial charge is 0.101 e. The van der Waals surface area contributed by atoms with E-state index in [1.165, 1.54) is 44.5 Å². The quantitative estimate of drug-likeness (QED) is 0.175. The summed E-state index contributed by atoms with van der Waals surface area (Å²) in [5, 5.41) is 48.5. The van der Waals surface area contributed by atoms with Gasteiger partial charge in [0.25, 0.3) is 0 Å². The molecular weight excluding hydrogens is 853 g/mol. The van der Waals surface area contributed by atoms with Gasteiger partial charge in [0, 0.05) is 43.5 Å². The molecule has 0 saturated heterocycles. The zero-order valence-electron chi connectivity index (χ0n) is 38.8. The summed E-state index contributed by atoms with van der Waals surface area (Å²) in [6.07, 6.45) is 0. The second-order valence-corrected chi connectivity index (χ2v) is 19.7. The van der Waals surface area contributed by atoms with Gasteiger partial charge in [-0.25, -0.2) is 0 Å². The molecule has 0 fully saturated rings. The van der Waals surface area contributed by atoms with Crippen molar-refractivity contribution in [2.45, 2.75) is 38.5 Å². The van der Waals surface area contributed by atoms with Crippen LogP contribution in [-0.4, -0.2) is 9.13 Å². The Balaban J connectivity index is 1.32. The van der Waals surface area contributed by atoms with Crippen molar-refractivity contribution in [1.29, 1.82) is 21.0 Å². The molecule has 2 aliphatic carbocycles. The third-order valence-electron chi connectivity index (χ3n) is 15.4. The molecule has 13 rings (SSSR count). The SMILES string of the molecule is CC1(C)c2ccccc2-c2cc3c4ccccc4n(-c4c(-c5cccc(C#N)c5)c(C#N)c(C#N)c(-c5cccc(C#N)c5)c4-n4c5ccccc5c5cc6c(cc54)C(C)(C)c4ccccc4-6)c3cc21. The number of aromatic nitrogens is 2. The third-order valence-corrected chi connectivity index (χ3v) is 15.4. The molecule has 0 saturated carbocycles. The summed E-state index contributed by atoms with van der Waals surface area (Å²) in [4.78, 5) is 0. The highest BCUT2D eigenvalue weighted by Gasteiger charge is 2.39. The first-order chi connectivity index (χ1) is 34.1. The Bertz CT molecular complexity index is 4070. The molecule has 2 aromatic heterocycles. The number of fused-ring (bicyclic) bond motifs is 12. The number of nitriles is 4. The van der Waals surface area contributed by atoms with Crippen LogP contribution in [0.25, 0.3) is 99.5 Å². The number of hydrogen-bond donors (Lipinski definition) is 0. The van der Waals surface area contributed by atoms with Crippen molar-refractivity contribution in [1.82, 2.24) is 9.13 Å². The molecule has 2 heterocycles. The maximum absolute atomic E-state index is 11.7. The highest BCUT2D eigenvalue weighted by atomic mass is 15.1. The van der Waals surface area contributed by atoms with Crippen LogP contribution in [0.5, 0.6) is 0 Å². The number of nitrogens with zero attached hydrogens (tertiary/aromatic N) is 6. The highest BCUT2D eigenvalue weighted by molar-refractivity contribution is 6.16.